The Labute approximate surface area is 180 Å². The van der Waals surface area contributed by atoms with Crippen LogP contribution < -0.4 is 0 Å². The van der Waals surface area contributed by atoms with E-state index in [-0.39, 0.29) is 5.41 Å². The van der Waals surface area contributed by atoms with Crippen molar-refractivity contribution in [3.05, 3.63) is 17.5 Å². The van der Waals surface area contributed by atoms with Gasteiger partial charge in [0.25, 0.3) is 0 Å². The number of carbonyl (C=O) groups is 1. The number of aryl methyl sites for hydroxylation is 1. The number of oxime groups is 1. The van der Waals surface area contributed by atoms with Gasteiger partial charge in [-0.25, -0.2) is 0 Å². The van der Waals surface area contributed by atoms with E-state index in [1.54, 1.807) is 0 Å². The highest BCUT2D eigenvalue weighted by Gasteiger charge is 2.60. The number of fused-ring (bicyclic) bond motifs is 5. The van der Waals surface area contributed by atoms with Crippen LogP contribution in [-0.2, 0) is 16.1 Å². The van der Waals surface area contributed by atoms with Gasteiger partial charge in [-0.3, -0.25) is 4.79 Å². The molecule has 1 heterocycles. The van der Waals surface area contributed by atoms with Crippen LogP contribution in [0.5, 0.6) is 0 Å². The summed E-state index contributed by atoms with van der Waals surface area (Å²) < 4.78 is 5.10. The molecule has 0 aromatic carbocycles. The van der Waals surface area contributed by atoms with Crippen molar-refractivity contribution in [1.82, 2.24) is 5.16 Å². The molecule has 0 radical (unpaired) electrons. The summed E-state index contributed by atoms with van der Waals surface area (Å²) in [5.74, 6) is 4.29. The fourth-order valence-electron chi connectivity index (χ4n) is 7.74. The highest BCUT2D eigenvalue weighted by molar-refractivity contribution is 5.87. The highest BCUT2D eigenvalue weighted by Crippen LogP contribution is 2.65. The number of nitrogens with zero attached hydrogens (tertiary/aromatic N) is 2. The normalized spacial score (nSPS) is 42.0. The molecule has 6 atom stereocenters. The smallest absolute Gasteiger partial charge is 0.139 e. The van der Waals surface area contributed by atoms with Gasteiger partial charge < -0.3 is 9.36 Å². The molecule has 1 aromatic rings. The first-order valence-corrected chi connectivity index (χ1v) is 12.0. The Bertz CT molecular complexity index is 845. The molecule has 5 heteroatoms. The van der Waals surface area contributed by atoms with E-state index in [1.165, 1.54) is 31.4 Å². The van der Waals surface area contributed by atoms with Gasteiger partial charge in [-0.1, -0.05) is 24.2 Å². The molecule has 4 aliphatic carbocycles. The van der Waals surface area contributed by atoms with Crippen molar-refractivity contribution in [3.63, 3.8) is 0 Å². The van der Waals surface area contributed by atoms with Crippen molar-refractivity contribution in [2.75, 3.05) is 6.61 Å². The van der Waals surface area contributed by atoms with Gasteiger partial charge in [0.2, 0.25) is 0 Å². The molecule has 1 aromatic heterocycles. The molecule has 30 heavy (non-hydrogen) atoms. The van der Waals surface area contributed by atoms with Crippen molar-refractivity contribution in [2.45, 2.75) is 85.0 Å². The van der Waals surface area contributed by atoms with E-state index in [4.69, 9.17) is 9.36 Å². The second kappa shape index (κ2) is 7.49. The van der Waals surface area contributed by atoms with Crippen LogP contribution in [0.1, 0.15) is 83.1 Å². The van der Waals surface area contributed by atoms with E-state index in [0.29, 0.717) is 23.7 Å². The third-order valence-corrected chi connectivity index (χ3v) is 9.53. The summed E-state index contributed by atoms with van der Waals surface area (Å²) in [5.41, 5.74) is 2.57. The number of ketones is 1. The molecule has 164 valence electrons. The zero-order chi connectivity index (χ0) is 20.9. The Morgan fingerprint density at radius 2 is 2.03 bits per heavy atom. The SMILES string of the molecule is Cc1cc(CCO/N=C2/CC[C@@]3(C)C(CCC4C3CC[C@]3(C)C(=O)CCC43)C2)no1. The molecule has 5 nitrogen and oxygen atoms in total. The summed E-state index contributed by atoms with van der Waals surface area (Å²) in [6, 6.07) is 1.95. The largest absolute Gasteiger partial charge is 0.395 e. The molecule has 4 saturated carbocycles. The zero-order valence-electron chi connectivity index (χ0n) is 18.8. The van der Waals surface area contributed by atoms with Crippen LogP contribution in [0.2, 0.25) is 0 Å². The van der Waals surface area contributed by atoms with E-state index in [0.717, 1.165) is 67.7 Å². The van der Waals surface area contributed by atoms with Crippen LogP contribution in [0.4, 0.5) is 0 Å². The van der Waals surface area contributed by atoms with E-state index in [9.17, 15) is 4.79 Å². The van der Waals surface area contributed by atoms with Gasteiger partial charge in [0.15, 0.2) is 0 Å². The maximum Gasteiger partial charge on any atom is 0.139 e. The first kappa shape index (κ1) is 20.3. The summed E-state index contributed by atoms with van der Waals surface area (Å²) >= 11 is 0. The Hall–Kier alpha value is -1.65. The van der Waals surface area contributed by atoms with Gasteiger partial charge in [-0.05, 0) is 87.4 Å². The average Bonchev–Trinajstić information content (AvgIpc) is 3.28. The first-order chi connectivity index (χ1) is 14.4. The molecule has 4 aliphatic rings. The van der Waals surface area contributed by atoms with Crippen molar-refractivity contribution in [2.24, 2.45) is 39.7 Å². The van der Waals surface area contributed by atoms with E-state index < -0.39 is 0 Å². The fourth-order valence-corrected chi connectivity index (χ4v) is 7.74. The summed E-state index contributed by atoms with van der Waals surface area (Å²) in [7, 11) is 0. The number of hydrogen-bond donors (Lipinski definition) is 0. The lowest BCUT2D eigenvalue weighted by Gasteiger charge is -2.59. The summed E-state index contributed by atoms with van der Waals surface area (Å²) in [6.45, 7) is 7.29. The molecule has 0 aliphatic heterocycles. The minimum Gasteiger partial charge on any atom is -0.395 e. The van der Waals surface area contributed by atoms with Crippen LogP contribution in [0, 0.1) is 41.4 Å². The van der Waals surface area contributed by atoms with Gasteiger partial charge in [-0.2, -0.15) is 0 Å². The summed E-state index contributed by atoms with van der Waals surface area (Å²) in [5, 5.41) is 8.53. The lowest BCUT2D eigenvalue weighted by molar-refractivity contribution is -0.137. The molecular formula is C25H36N2O3. The molecule has 4 fully saturated rings. The maximum atomic E-state index is 12.6. The Morgan fingerprint density at radius 1 is 1.17 bits per heavy atom. The quantitative estimate of drug-likeness (QED) is 0.483. The molecule has 0 amide bonds. The lowest BCUT2D eigenvalue weighted by atomic mass is 9.45. The molecule has 0 N–H and O–H groups in total. The number of Topliss-reactive ketones (excluding diaryl/α,β-unsaturated/α-hetero) is 1. The number of rotatable bonds is 4. The second-order valence-electron chi connectivity index (χ2n) is 10.9. The topological polar surface area (TPSA) is 64.7 Å². The van der Waals surface area contributed by atoms with Gasteiger partial charge in [0.05, 0.1) is 11.4 Å². The van der Waals surface area contributed by atoms with E-state index in [1.807, 2.05) is 13.0 Å². The Morgan fingerprint density at radius 3 is 2.83 bits per heavy atom. The van der Waals surface area contributed by atoms with E-state index >= 15 is 0 Å². The van der Waals surface area contributed by atoms with Gasteiger partial charge in [0.1, 0.15) is 18.2 Å². The minimum atomic E-state index is -0.0120. The Balaban J connectivity index is 1.21. The van der Waals surface area contributed by atoms with Gasteiger partial charge >= 0.3 is 0 Å². The predicted octanol–water partition coefficient (Wildman–Crippen LogP) is 5.51. The minimum absolute atomic E-state index is 0.0120. The monoisotopic (exact) mass is 412 g/mol. The Kier molecular flexibility index (Phi) is 5.06. The van der Waals surface area contributed by atoms with Crippen LogP contribution in [0.25, 0.3) is 0 Å². The molecule has 5 rings (SSSR count). The molecule has 4 unspecified atom stereocenters. The zero-order valence-corrected chi connectivity index (χ0v) is 18.8. The van der Waals surface area contributed by atoms with Crippen LogP contribution in [0.3, 0.4) is 0 Å². The van der Waals surface area contributed by atoms with Crippen LogP contribution in [0.15, 0.2) is 15.7 Å². The number of hydrogen-bond acceptors (Lipinski definition) is 5. The average molecular weight is 413 g/mol. The number of aromatic nitrogens is 1. The molecule has 0 saturated heterocycles. The fraction of sp³-hybridized carbons (Fsp3) is 0.800. The molecule has 0 bridgehead atoms. The number of carbonyl (C=O) groups excluding carboxylic acids is 1. The summed E-state index contributed by atoms with van der Waals surface area (Å²) in [4.78, 5) is 18.2. The highest BCUT2D eigenvalue weighted by atomic mass is 16.6. The van der Waals surface area contributed by atoms with Gasteiger partial charge in [0, 0.05) is 24.3 Å². The summed E-state index contributed by atoms with van der Waals surface area (Å²) in [6.07, 6.45) is 11.0. The maximum absolute atomic E-state index is 12.6. The third kappa shape index (κ3) is 3.23. The molecule has 0 spiro atoms. The predicted molar refractivity (Wildman–Crippen MR) is 115 cm³/mol. The van der Waals surface area contributed by atoms with Gasteiger partial charge in [-0.15, -0.1) is 0 Å². The van der Waals surface area contributed by atoms with Crippen LogP contribution >= 0.6 is 0 Å². The van der Waals surface area contributed by atoms with Crippen LogP contribution in [-0.4, -0.2) is 23.3 Å². The van der Waals surface area contributed by atoms with E-state index in [2.05, 4.69) is 24.2 Å². The van der Waals surface area contributed by atoms with Crippen molar-refractivity contribution < 1.29 is 14.2 Å². The lowest BCUT2D eigenvalue weighted by Crippen LogP contribution is -2.53. The first-order valence-electron chi connectivity index (χ1n) is 12.0. The van der Waals surface area contributed by atoms with Crippen molar-refractivity contribution in [1.29, 1.82) is 0 Å². The second-order valence-corrected chi connectivity index (χ2v) is 10.9. The van der Waals surface area contributed by atoms with Crippen molar-refractivity contribution >= 4 is 11.5 Å². The van der Waals surface area contributed by atoms with Crippen molar-refractivity contribution in [3.8, 4) is 0 Å². The third-order valence-electron chi connectivity index (χ3n) is 9.53. The molecular weight excluding hydrogens is 376 g/mol. The standard InChI is InChI=1S/C25H36N2O3/c1-16-14-19(27-30-16)10-13-29-26-18-8-11-24(2)17(15-18)4-5-20-21-6-7-23(28)25(21,3)12-9-22(20)24/h14,17,20-22H,4-13,15H2,1-3H3/b26-18-/t17?,20?,21?,22?,24-,25-/m0/s1.